The van der Waals surface area contributed by atoms with Gasteiger partial charge in [0, 0.05) is 25.8 Å². The highest BCUT2D eigenvalue weighted by Gasteiger charge is 2.24. The van der Waals surface area contributed by atoms with E-state index in [2.05, 4.69) is 18.1 Å². The van der Waals surface area contributed by atoms with E-state index < -0.39 is 0 Å². The van der Waals surface area contributed by atoms with E-state index in [4.69, 9.17) is 0 Å². The van der Waals surface area contributed by atoms with Crippen molar-refractivity contribution in [1.82, 2.24) is 14.7 Å². The zero-order chi connectivity index (χ0) is 15.7. The summed E-state index contributed by atoms with van der Waals surface area (Å²) in [4.78, 5) is 16.5. The van der Waals surface area contributed by atoms with Crippen LogP contribution in [0.5, 0.6) is 0 Å². The van der Waals surface area contributed by atoms with Gasteiger partial charge >= 0.3 is 0 Å². The van der Waals surface area contributed by atoms with Crippen LogP contribution in [-0.2, 0) is 7.05 Å². The quantitative estimate of drug-likeness (QED) is 0.865. The van der Waals surface area contributed by atoms with E-state index in [-0.39, 0.29) is 5.91 Å². The highest BCUT2D eigenvalue weighted by Crippen LogP contribution is 2.29. The predicted octanol–water partition coefficient (Wildman–Crippen LogP) is 3.72. The van der Waals surface area contributed by atoms with Gasteiger partial charge < -0.3 is 4.90 Å². The van der Waals surface area contributed by atoms with Gasteiger partial charge in [0.25, 0.3) is 5.91 Å². The molecule has 22 heavy (non-hydrogen) atoms. The largest absolute Gasteiger partial charge is 0.338 e. The maximum Gasteiger partial charge on any atom is 0.263 e. The summed E-state index contributed by atoms with van der Waals surface area (Å²) in [5.41, 5.74) is 2.08. The Balaban J connectivity index is 1.72. The van der Waals surface area contributed by atoms with E-state index in [1.165, 1.54) is 6.42 Å². The Bertz CT molecular complexity index is 646. The summed E-state index contributed by atoms with van der Waals surface area (Å²) in [6, 6.07) is 6.02. The van der Waals surface area contributed by atoms with Crippen molar-refractivity contribution in [1.29, 1.82) is 0 Å². The molecular formula is C17H23N3OS. The number of rotatable bonds is 3. The van der Waals surface area contributed by atoms with Gasteiger partial charge in [-0.2, -0.15) is 5.10 Å². The first-order chi connectivity index (χ1) is 10.6. The maximum atomic E-state index is 12.6. The molecule has 1 aliphatic rings. The third-order valence-electron chi connectivity index (χ3n) is 4.66. The van der Waals surface area contributed by atoms with Crippen LogP contribution in [-0.4, -0.2) is 33.7 Å². The molecule has 3 heterocycles. The van der Waals surface area contributed by atoms with Crippen molar-refractivity contribution in [2.75, 3.05) is 13.1 Å². The number of nitrogens with zero attached hydrogens (tertiary/aromatic N) is 3. The molecule has 118 valence electrons. The second kappa shape index (κ2) is 6.24. The zero-order valence-corrected chi connectivity index (χ0v) is 14.3. The number of likely N-dealkylation sites (tertiary alicyclic amines) is 1. The van der Waals surface area contributed by atoms with Crippen molar-refractivity contribution in [3.8, 4) is 10.6 Å². The Morgan fingerprint density at radius 2 is 2.09 bits per heavy atom. The van der Waals surface area contributed by atoms with Crippen molar-refractivity contribution < 1.29 is 4.79 Å². The van der Waals surface area contributed by atoms with E-state index in [9.17, 15) is 4.79 Å². The molecule has 0 spiro atoms. The van der Waals surface area contributed by atoms with Gasteiger partial charge in [-0.25, -0.2) is 0 Å². The third kappa shape index (κ3) is 2.95. The minimum Gasteiger partial charge on any atom is -0.338 e. The molecule has 1 amide bonds. The molecule has 2 aromatic heterocycles. The summed E-state index contributed by atoms with van der Waals surface area (Å²) in [5, 5.41) is 4.49. The van der Waals surface area contributed by atoms with Gasteiger partial charge in [-0.1, -0.05) is 13.3 Å². The molecule has 0 bridgehead atoms. The number of amides is 1. The molecular weight excluding hydrogens is 294 g/mol. The van der Waals surface area contributed by atoms with E-state index in [1.807, 2.05) is 35.7 Å². The SMILES string of the molecule is CCC1CCN(C(=O)c2ccc(-c3cc(C)n(C)n3)s2)CC1. The van der Waals surface area contributed by atoms with Crippen LogP contribution >= 0.6 is 11.3 Å². The molecule has 0 radical (unpaired) electrons. The monoisotopic (exact) mass is 317 g/mol. The van der Waals surface area contributed by atoms with Crippen LogP contribution in [0.1, 0.15) is 41.6 Å². The van der Waals surface area contributed by atoms with Crippen molar-refractivity contribution in [3.63, 3.8) is 0 Å². The lowest BCUT2D eigenvalue weighted by Crippen LogP contribution is -2.37. The molecule has 0 aliphatic carbocycles. The van der Waals surface area contributed by atoms with Crippen LogP contribution < -0.4 is 0 Å². The molecule has 3 rings (SSSR count). The average molecular weight is 317 g/mol. The van der Waals surface area contributed by atoms with Crippen molar-refractivity contribution >= 4 is 17.2 Å². The number of thiophene rings is 1. The Hall–Kier alpha value is -1.62. The number of hydrogen-bond acceptors (Lipinski definition) is 3. The van der Waals surface area contributed by atoms with E-state index in [0.29, 0.717) is 0 Å². The second-order valence-corrected chi connectivity index (χ2v) is 7.19. The summed E-state index contributed by atoms with van der Waals surface area (Å²) in [5.74, 6) is 0.970. The lowest BCUT2D eigenvalue weighted by atomic mass is 9.94. The zero-order valence-electron chi connectivity index (χ0n) is 13.5. The number of piperidine rings is 1. The minimum absolute atomic E-state index is 0.179. The molecule has 0 N–H and O–H groups in total. The fourth-order valence-corrected chi connectivity index (χ4v) is 3.90. The molecule has 2 aromatic rings. The smallest absolute Gasteiger partial charge is 0.263 e. The van der Waals surface area contributed by atoms with E-state index >= 15 is 0 Å². The van der Waals surface area contributed by atoms with Crippen LogP contribution in [0.4, 0.5) is 0 Å². The van der Waals surface area contributed by atoms with Crippen LogP contribution in [0.15, 0.2) is 18.2 Å². The Kier molecular flexibility index (Phi) is 4.34. The second-order valence-electron chi connectivity index (χ2n) is 6.10. The lowest BCUT2D eigenvalue weighted by molar-refractivity contribution is 0.0694. The summed E-state index contributed by atoms with van der Waals surface area (Å²) >= 11 is 1.55. The van der Waals surface area contributed by atoms with Crippen molar-refractivity contribution in [3.05, 3.63) is 28.8 Å². The topological polar surface area (TPSA) is 38.1 Å². The summed E-state index contributed by atoms with van der Waals surface area (Å²) in [6.07, 6.45) is 3.50. The lowest BCUT2D eigenvalue weighted by Gasteiger charge is -2.31. The molecule has 5 heteroatoms. The minimum atomic E-state index is 0.179. The van der Waals surface area contributed by atoms with Crippen molar-refractivity contribution in [2.24, 2.45) is 13.0 Å². The van der Waals surface area contributed by atoms with Crippen molar-refractivity contribution in [2.45, 2.75) is 33.1 Å². The van der Waals surface area contributed by atoms with Crippen LogP contribution in [0.2, 0.25) is 0 Å². The number of carbonyl (C=O) groups excluding carboxylic acids is 1. The van der Waals surface area contributed by atoms with Gasteiger partial charge in [0.2, 0.25) is 0 Å². The van der Waals surface area contributed by atoms with Crippen LogP contribution in [0.25, 0.3) is 10.6 Å². The number of hydrogen-bond donors (Lipinski definition) is 0. The molecule has 0 aromatic carbocycles. The Labute approximate surface area is 135 Å². The third-order valence-corrected chi connectivity index (χ3v) is 5.76. The maximum absolute atomic E-state index is 12.6. The highest BCUT2D eigenvalue weighted by atomic mass is 32.1. The fraction of sp³-hybridized carbons (Fsp3) is 0.529. The first-order valence-corrected chi connectivity index (χ1v) is 8.80. The number of aryl methyl sites for hydroxylation is 2. The van der Waals surface area contributed by atoms with Gasteiger partial charge in [-0.15, -0.1) is 11.3 Å². The summed E-state index contributed by atoms with van der Waals surface area (Å²) in [7, 11) is 1.94. The van der Waals surface area contributed by atoms with Gasteiger partial charge in [0.1, 0.15) is 5.69 Å². The van der Waals surface area contributed by atoms with Gasteiger partial charge in [-0.3, -0.25) is 9.48 Å². The molecule has 0 atom stereocenters. The van der Waals surface area contributed by atoms with E-state index in [0.717, 1.165) is 53.0 Å². The molecule has 0 saturated carbocycles. The molecule has 1 aliphatic heterocycles. The van der Waals surface area contributed by atoms with E-state index in [1.54, 1.807) is 11.3 Å². The normalized spacial score (nSPS) is 16.2. The summed E-state index contributed by atoms with van der Waals surface area (Å²) < 4.78 is 1.87. The number of aromatic nitrogens is 2. The average Bonchev–Trinajstić information content (AvgIpc) is 3.14. The molecule has 4 nitrogen and oxygen atoms in total. The first kappa shape index (κ1) is 15.3. The Morgan fingerprint density at radius 3 is 2.68 bits per heavy atom. The predicted molar refractivity (Wildman–Crippen MR) is 90.2 cm³/mol. The highest BCUT2D eigenvalue weighted by molar-refractivity contribution is 7.17. The van der Waals surface area contributed by atoms with Gasteiger partial charge in [0.05, 0.1) is 9.75 Å². The van der Waals surface area contributed by atoms with Gasteiger partial charge in [0.15, 0.2) is 0 Å². The molecule has 0 unspecified atom stereocenters. The fourth-order valence-electron chi connectivity index (χ4n) is 2.97. The van der Waals surface area contributed by atoms with Crippen LogP contribution in [0.3, 0.4) is 0 Å². The summed E-state index contributed by atoms with van der Waals surface area (Å²) in [6.45, 7) is 6.07. The van der Waals surface area contributed by atoms with Crippen LogP contribution in [0, 0.1) is 12.8 Å². The van der Waals surface area contributed by atoms with Gasteiger partial charge in [-0.05, 0) is 43.9 Å². The Morgan fingerprint density at radius 1 is 1.36 bits per heavy atom. The molecule has 1 fully saturated rings. The first-order valence-electron chi connectivity index (χ1n) is 7.98. The number of carbonyl (C=O) groups is 1. The standard InChI is InChI=1S/C17H23N3OS/c1-4-13-7-9-20(10-8-13)17(21)16-6-5-15(22-16)14-11-12(2)19(3)18-14/h5-6,11,13H,4,7-10H2,1-3H3. The molecule has 1 saturated heterocycles.